The first kappa shape index (κ1) is 14.1. The van der Waals surface area contributed by atoms with Crippen molar-refractivity contribution in [1.29, 1.82) is 0 Å². The van der Waals surface area contributed by atoms with Gasteiger partial charge >= 0.3 is 0 Å². The lowest BCUT2D eigenvalue weighted by atomic mass is 10.1. The Labute approximate surface area is 105 Å². The third kappa shape index (κ3) is 4.50. The van der Waals surface area contributed by atoms with Gasteiger partial charge in [0, 0.05) is 25.3 Å². The van der Waals surface area contributed by atoms with Gasteiger partial charge < -0.3 is 10.1 Å². The Balaban J connectivity index is 2.51. The molecule has 0 aliphatic rings. The van der Waals surface area contributed by atoms with Crippen LogP contribution in [0.5, 0.6) is 0 Å². The summed E-state index contributed by atoms with van der Waals surface area (Å²) in [6, 6.07) is 5.89. The fourth-order valence-electron chi connectivity index (χ4n) is 1.54. The molecule has 0 fully saturated rings. The van der Waals surface area contributed by atoms with Crippen LogP contribution >= 0.6 is 0 Å². The van der Waals surface area contributed by atoms with E-state index >= 15 is 0 Å². The second-order valence-corrected chi connectivity index (χ2v) is 4.02. The molecule has 1 unspecified atom stereocenters. The van der Waals surface area contributed by atoms with Gasteiger partial charge in [-0.1, -0.05) is 12.1 Å². The topological polar surface area (TPSA) is 81.5 Å². The van der Waals surface area contributed by atoms with Crippen molar-refractivity contribution in [3.8, 4) is 0 Å². The summed E-state index contributed by atoms with van der Waals surface area (Å²) in [4.78, 5) is 21.6. The number of rotatable bonds is 6. The highest BCUT2D eigenvalue weighted by Crippen LogP contribution is 2.12. The molecule has 1 aromatic carbocycles. The minimum atomic E-state index is -0.468. The van der Waals surface area contributed by atoms with Gasteiger partial charge in [0.2, 0.25) is 5.91 Å². The minimum absolute atomic E-state index is 0.0203. The number of non-ortho nitro benzene ring substituents is 1. The summed E-state index contributed by atoms with van der Waals surface area (Å²) < 4.78 is 4.91. The average molecular weight is 252 g/mol. The van der Waals surface area contributed by atoms with Crippen LogP contribution in [0.2, 0.25) is 0 Å². The molecule has 0 aromatic heterocycles. The second kappa shape index (κ2) is 6.70. The van der Waals surface area contributed by atoms with Crippen molar-refractivity contribution in [2.45, 2.75) is 19.4 Å². The number of carbonyl (C=O) groups excluding carboxylic acids is 1. The molecule has 6 nitrogen and oxygen atoms in total. The molecular weight excluding hydrogens is 236 g/mol. The van der Waals surface area contributed by atoms with Gasteiger partial charge in [-0.2, -0.15) is 0 Å². The molecule has 1 rings (SSSR count). The molecule has 1 atom stereocenters. The zero-order valence-corrected chi connectivity index (χ0v) is 10.4. The van der Waals surface area contributed by atoms with Gasteiger partial charge in [0.1, 0.15) is 0 Å². The molecule has 0 aliphatic carbocycles. The van der Waals surface area contributed by atoms with E-state index in [1.807, 2.05) is 6.92 Å². The van der Waals surface area contributed by atoms with Crippen molar-refractivity contribution < 1.29 is 14.5 Å². The Morgan fingerprint density at radius 2 is 2.06 bits per heavy atom. The summed E-state index contributed by atoms with van der Waals surface area (Å²) in [5.74, 6) is -0.131. The Morgan fingerprint density at radius 1 is 1.44 bits per heavy atom. The Morgan fingerprint density at radius 3 is 2.56 bits per heavy atom. The predicted molar refractivity (Wildman–Crippen MR) is 66.3 cm³/mol. The van der Waals surface area contributed by atoms with E-state index in [9.17, 15) is 14.9 Å². The summed E-state index contributed by atoms with van der Waals surface area (Å²) in [5, 5.41) is 13.2. The Hall–Kier alpha value is -1.95. The third-order valence-electron chi connectivity index (χ3n) is 2.34. The highest BCUT2D eigenvalue weighted by atomic mass is 16.6. The van der Waals surface area contributed by atoms with Crippen molar-refractivity contribution in [1.82, 2.24) is 5.32 Å². The molecule has 98 valence electrons. The number of methoxy groups -OCH3 is 1. The SMILES string of the molecule is COCC(C)NC(=O)Cc1ccc([N+](=O)[O-])cc1. The lowest BCUT2D eigenvalue weighted by Gasteiger charge is -2.12. The molecule has 18 heavy (non-hydrogen) atoms. The van der Waals surface area contributed by atoms with Crippen LogP contribution in [0.4, 0.5) is 5.69 Å². The van der Waals surface area contributed by atoms with Crippen LogP contribution in [0.15, 0.2) is 24.3 Å². The lowest BCUT2D eigenvalue weighted by Crippen LogP contribution is -2.36. The van der Waals surface area contributed by atoms with E-state index in [0.29, 0.717) is 6.61 Å². The average Bonchev–Trinajstić information content (AvgIpc) is 2.29. The number of hydrogen-bond acceptors (Lipinski definition) is 4. The maximum Gasteiger partial charge on any atom is 0.269 e. The summed E-state index contributed by atoms with van der Waals surface area (Å²) in [6.07, 6.45) is 0.200. The zero-order valence-electron chi connectivity index (χ0n) is 10.4. The Bertz CT molecular complexity index is 417. The van der Waals surface area contributed by atoms with Gasteiger partial charge in [0.05, 0.1) is 18.0 Å². The van der Waals surface area contributed by atoms with E-state index in [4.69, 9.17) is 4.74 Å². The molecule has 0 saturated carbocycles. The predicted octanol–water partition coefficient (Wildman–Crippen LogP) is 1.29. The van der Waals surface area contributed by atoms with Crippen LogP contribution in [-0.4, -0.2) is 30.6 Å². The fourth-order valence-corrected chi connectivity index (χ4v) is 1.54. The standard InChI is InChI=1S/C12H16N2O4/c1-9(8-18-2)13-12(15)7-10-3-5-11(6-4-10)14(16)17/h3-6,9H,7-8H2,1-2H3,(H,13,15). The number of nitro benzene ring substituents is 1. The molecule has 1 amide bonds. The van der Waals surface area contributed by atoms with Gasteiger partial charge in [-0.05, 0) is 12.5 Å². The summed E-state index contributed by atoms with van der Waals surface area (Å²) in [7, 11) is 1.57. The number of carbonyl (C=O) groups is 1. The van der Waals surface area contributed by atoms with E-state index in [-0.39, 0.29) is 24.1 Å². The van der Waals surface area contributed by atoms with Crippen LogP contribution in [0.25, 0.3) is 0 Å². The maximum absolute atomic E-state index is 11.6. The molecule has 0 radical (unpaired) electrons. The number of nitro groups is 1. The van der Waals surface area contributed by atoms with E-state index in [1.54, 1.807) is 19.2 Å². The number of benzene rings is 1. The highest BCUT2D eigenvalue weighted by Gasteiger charge is 2.09. The van der Waals surface area contributed by atoms with E-state index in [2.05, 4.69) is 5.32 Å². The van der Waals surface area contributed by atoms with Gasteiger partial charge in [-0.25, -0.2) is 0 Å². The van der Waals surface area contributed by atoms with Gasteiger partial charge in [-0.15, -0.1) is 0 Å². The van der Waals surface area contributed by atoms with Crippen LogP contribution < -0.4 is 5.32 Å². The number of nitrogens with zero attached hydrogens (tertiary/aromatic N) is 1. The largest absolute Gasteiger partial charge is 0.383 e. The first-order valence-corrected chi connectivity index (χ1v) is 5.54. The molecule has 1 N–H and O–H groups in total. The van der Waals surface area contributed by atoms with Crippen molar-refractivity contribution in [3.63, 3.8) is 0 Å². The first-order chi connectivity index (χ1) is 8.52. The Kier molecular flexibility index (Phi) is 5.26. The summed E-state index contributed by atoms with van der Waals surface area (Å²) in [5.41, 5.74) is 0.759. The van der Waals surface area contributed by atoms with Crippen LogP contribution in [0, 0.1) is 10.1 Å². The molecule has 0 aliphatic heterocycles. The number of ether oxygens (including phenoxy) is 1. The summed E-state index contributed by atoms with van der Waals surface area (Å²) >= 11 is 0. The molecule has 0 heterocycles. The van der Waals surface area contributed by atoms with E-state index < -0.39 is 4.92 Å². The second-order valence-electron chi connectivity index (χ2n) is 4.02. The fraction of sp³-hybridized carbons (Fsp3) is 0.417. The van der Waals surface area contributed by atoms with Crippen LogP contribution in [-0.2, 0) is 16.0 Å². The smallest absolute Gasteiger partial charge is 0.269 e. The van der Waals surface area contributed by atoms with Crippen LogP contribution in [0.3, 0.4) is 0 Å². The molecule has 6 heteroatoms. The van der Waals surface area contributed by atoms with Gasteiger partial charge in [-0.3, -0.25) is 14.9 Å². The quantitative estimate of drug-likeness (QED) is 0.611. The van der Waals surface area contributed by atoms with Gasteiger partial charge in [0.25, 0.3) is 5.69 Å². The van der Waals surface area contributed by atoms with Crippen LogP contribution in [0.1, 0.15) is 12.5 Å². The molecule has 0 bridgehead atoms. The van der Waals surface area contributed by atoms with Crippen molar-refractivity contribution in [3.05, 3.63) is 39.9 Å². The monoisotopic (exact) mass is 252 g/mol. The number of nitrogens with one attached hydrogen (secondary N) is 1. The van der Waals surface area contributed by atoms with Gasteiger partial charge in [0.15, 0.2) is 0 Å². The van der Waals surface area contributed by atoms with Crippen molar-refractivity contribution in [2.75, 3.05) is 13.7 Å². The highest BCUT2D eigenvalue weighted by molar-refractivity contribution is 5.78. The first-order valence-electron chi connectivity index (χ1n) is 5.54. The van der Waals surface area contributed by atoms with Crippen molar-refractivity contribution >= 4 is 11.6 Å². The zero-order chi connectivity index (χ0) is 13.5. The molecule has 1 aromatic rings. The normalized spacial score (nSPS) is 11.9. The van der Waals surface area contributed by atoms with E-state index in [1.165, 1.54) is 12.1 Å². The molecular formula is C12H16N2O4. The maximum atomic E-state index is 11.6. The molecule has 0 saturated heterocycles. The third-order valence-corrected chi connectivity index (χ3v) is 2.34. The van der Waals surface area contributed by atoms with E-state index in [0.717, 1.165) is 5.56 Å². The van der Waals surface area contributed by atoms with Crippen molar-refractivity contribution in [2.24, 2.45) is 0 Å². The number of amides is 1. The lowest BCUT2D eigenvalue weighted by molar-refractivity contribution is -0.384. The minimum Gasteiger partial charge on any atom is -0.383 e. The molecule has 0 spiro atoms. The number of hydrogen-bond donors (Lipinski definition) is 1. The summed E-state index contributed by atoms with van der Waals surface area (Å²) in [6.45, 7) is 2.29.